The van der Waals surface area contributed by atoms with Gasteiger partial charge in [-0.2, -0.15) is 5.26 Å². The maximum Gasteiger partial charge on any atom is 0.0769 e. The Bertz CT molecular complexity index is 404. The molecule has 0 aliphatic heterocycles. The van der Waals surface area contributed by atoms with Gasteiger partial charge >= 0.3 is 0 Å². The molecule has 15 heavy (non-hydrogen) atoms. The third kappa shape index (κ3) is 1.80. The summed E-state index contributed by atoms with van der Waals surface area (Å²) >= 11 is 3.54. The van der Waals surface area contributed by atoms with Crippen LogP contribution in [0.2, 0.25) is 0 Å². The first kappa shape index (κ1) is 10.7. The molecule has 0 aromatic heterocycles. The fraction of sp³-hybridized carbons (Fsp3) is 0.417. The molecule has 0 heterocycles. The van der Waals surface area contributed by atoms with Crippen LogP contribution in [0.15, 0.2) is 28.7 Å². The maximum absolute atomic E-state index is 9.20. The number of benzene rings is 1. The van der Waals surface area contributed by atoms with Crippen LogP contribution in [0.25, 0.3) is 0 Å². The summed E-state index contributed by atoms with van der Waals surface area (Å²) in [6, 6.07) is 10.7. The first-order chi connectivity index (χ1) is 7.23. The summed E-state index contributed by atoms with van der Waals surface area (Å²) in [6.45, 7) is 0. The van der Waals surface area contributed by atoms with E-state index in [2.05, 4.69) is 33.4 Å². The Morgan fingerprint density at radius 1 is 1.47 bits per heavy atom. The van der Waals surface area contributed by atoms with Gasteiger partial charge < -0.3 is 5.32 Å². The van der Waals surface area contributed by atoms with Gasteiger partial charge in [0.25, 0.3) is 0 Å². The molecule has 1 aromatic rings. The molecule has 0 bridgehead atoms. The molecular weight excluding hydrogens is 252 g/mol. The number of halogens is 1. The molecule has 0 amide bonds. The minimum absolute atomic E-state index is 0.137. The van der Waals surface area contributed by atoms with E-state index >= 15 is 0 Å². The highest BCUT2D eigenvalue weighted by Crippen LogP contribution is 2.55. The van der Waals surface area contributed by atoms with Gasteiger partial charge in [0, 0.05) is 4.47 Å². The summed E-state index contributed by atoms with van der Waals surface area (Å²) in [6.07, 6.45) is 1.99. The standard InChI is InChI=1S/C12H13BrN2/c1-15-11(12(8-14)6-7-12)9-4-2-3-5-10(9)13/h2-5,11,15H,6-7H2,1H3. The fourth-order valence-corrected chi connectivity index (χ4v) is 2.55. The predicted molar refractivity (Wildman–Crippen MR) is 63.2 cm³/mol. The number of hydrogen-bond acceptors (Lipinski definition) is 2. The average molecular weight is 265 g/mol. The molecule has 1 aliphatic carbocycles. The summed E-state index contributed by atoms with van der Waals surface area (Å²) < 4.78 is 1.07. The van der Waals surface area contributed by atoms with Crippen molar-refractivity contribution >= 4 is 15.9 Å². The van der Waals surface area contributed by atoms with Crippen molar-refractivity contribution in [1.29, 1.82) is 5.26 Å². The van der Waals surface area contributed by atoms with E-state index in [0.29, 0.717) is 0 Å². The lowest BCUT2D eigenvalue weighted by atomic mass is 9.91. The third-order valence-electron chi connectivity index (χ3n) is 3.07. The van der Waals surface area contributed by atoms with E-state index < -0.39 is 0 Å². The third-order valence-corrected chi connectivity index (χ3v) is 3.79. The SMILES string of the molecule is CNC(c1ccccc1Br)C1(C#N)CC1. The number of nitriles is 1. The second kappa shape index (κ2) is 3.96. The van der Waals surface area contributed by atoms with E-state index in [1.165, 1.54) is 5.56 Å². The maximum atomic E-state index is 9.20. The summed E-state index contributed by atoms with van der Waals surface area (Å²) in [5.74, 6) is 0. The Kier molecular flexibility index (Phi) is 2.81. The molecule has 0 radical (unpaired) electrons. The van der Waals surface area contributed by atoms with Gasteiger partial charge in [-0.1, -0.05) is 34.1 Å². The van der Waals surface area contributed by atoms with Gasteiger partial charge in [-0.25, -0.2) is 0 Å². The van der Waals surface area contributed by atoms with Gasteiger partial charge in [-0.3, -0.25) is 0 Å². The molecule has 2 nitrogen and oxygen atoms in total. The van der Waals surface area contributed by atoms with Gasteiger partial charge in [-0.15, -0.1) is 0 Å². The predicted octanol–water partition coefficient (Wildman–Crippen LogP) is 3.01. The fourth-order valence-electron chi connectivity index (χ4n) is 2.04. The van der Waals surface area contributed by atoms with Crippen LogP contribution in [0.1, 0.15) is 24.4 Å². The summed E-state index contributed by atoms with van der Waals surface area (Å²) in [5, 5.41) is 12.5. The van der Waals surface area contributed by atoms with Gasteiger partial charge in [0.2, 0.25) is 0 Å². The van der Waals surface area contributed by atoms with E-state index in [4.69, 9.17) is 0 Å². The monoisotopic (exact) mass is 264 g/mol. The van der Waals surface area contributed by atoms with E-state index in [9.17, 15) is 5.26 Å². The van der Waals surface area contributed by atoms with Crippen LogP contribution < -0.4 is 5.32 Å². The van der Waals surface area contributed by atoms with Crippen molar-refractivity contribution in [3.05, 3.63) is 34.3 Å². The highest BCUT2D eigenvalue weighted by molar-refractivity contribution is 9.10. The van der Waals surface area contributed by atoms with Crippen molar-refractivity contribution in [1.82, 2.24) is 5.32 Å². The van der Waals surface area contributed by atoms with Crippen LogP contribution in [-0.2, 0) is 0 Å². The zero-order chi connectivity index (χ0) is 10.9. The lowest BCUT2D eigenvalue weighted by molar-refractivity contribution is 0.442. The van der Waals surface area contributed by atoms with Crippen molar-refractivity contribution in [2.75, 3.05) is 7.05 Å². The van der Waals surface area contributed by atoms with E-state index in [1.807, 2.05) is 25.2 Å². The Hall–Kier alpha value is -0.850. The van der Waals surface area contributed by atoms with Crippen molar-refractivity contribution < 1.29 is 0 Å². The quantitative estimate of drug-likeness (QED) is 0.911. The lowest BCUT2D eigenvalue weighted by Gasteiger charge is -2.22. The lowest BCUT2D eigenvalue weighted by Crippen LogP contribution is -2.25. The summed E-state index contributed by atoms with van der Waals surface area (Å²) in [4.78, 5) is 0. The Morgan fingerprint density at radius 2 is 2.13 bits per heavy atom. The van der Waals surface area contributed by atoms with Gasteiger partial charge in [-0.05, 0) is 31.5 Å². The topological polar surface area (TPSA) is 35.8 Å². The largest absolute Gasteiger partial charge is 0.312 e. The Morgan fingerprint density at radius 3 is 2.60 bits per heavy atom. The van der Waals surface area contributed by atoms with E-state index in [-0.39, 0.29) is 11.5 Å². The molecule has 1 unspecified atom stereocenters. The second-order valence-corrected chi connectivity index (χ2v) is 4.87. The Balaban J connectivity index is 2.37. The molecule has 1 N–H and O–H groups in total. The molecule has 1 atom stereocenters. The molecule has 1 fully saturated rings. The zero-order valence-electron chi connectivity index (χ0n) is 8.63. The van der Waals surface area contributed by atoms with E-state index in [0.717, 1.165) is 17.3 Å². The minimum atomic E-state index is -0.182. The Labute approximate surface area is 98.4 Å². The van der Waals surface area contributed by atoms with Crippen molar-refractivity contribution in [3.63, 3.8) is 0 Å². The second-order valence-electron chi connectivity index (χ2n) is 4.01. The average Bonchev–Trinajstić information content (AvgIpc) is 3.03. The molecule has 78 valence electrons. The molecule has 0 spiro atoms. The van der Waals surface area contributed by atoms with Crippen molar-refractivity contribution in [2.45, 2.75) is 18.9 Å². The minimum Gasteiger partial charge on any atom is -0.312 e. The molecule has 1 aliphatic rings. The highest BCUT2D eigenvalue weighted by atomic mass is 79.9. The molecule has 2 rings (SSSR count). The van der Waals surface area contributed by atoms with Crippen LogP contribution in [0.4, 0.5) is 0 Å². The first-order valence-electron chi connectivity index (χ1n) is 5.06. The normalized spacial score (nSPS) is 19.3. The van der Waals surface area contributed by atoms with Crippen LogP contribution >= 0.6 is 15.9 Å². The van der Waals surface area contributed by atoms with Gasteiger partial charge in [0.15, 0.2) is 0 Å². The summed E-state index contributed by atoms with van der Waals surface area (Å²) in [7, 11) is 1.92. The number of hydrogen-bond donors (Lipinski definition) is 1. The highest BCUT2D eigenvalue weighted by Gasteiger charge is 2.50. The van der Waals surface area contributed by atoms with Crippen LogP contribution in [0.3, 0.4) is 0 Å². The van der Waals surface area contributed by atoms with Crippen molar-refractivity contribution in [2.24, 2.45) is 5.41 Å². The molecular formula is C12H13BrN2. The number of rotatable bonds is 3. The van der Waals surface area contributed by atoms with Crippen LogP contribution in [-0.4, -0.2) is 7.05 Å². The number of nitrogens with one attached hydrogen (secondary N) is 1. The van der Waals surface area contributed by atoms with Crippen LogP contribution in [0, 0.1) is 16.7 Å². The van der Waals surface area contributed by atoms with Crippen molar-refractivity contribution in [3.8, 4) is 6.07 Å². The molecule has 0 saturated heterocycles. The van der Waals surface area contributed by atoms with Crippen LogP contribution in [0.5, 0.6) is 0 Å². The molecule has 1 saturated carbocycles. The number of nitrogens with zero attached hydrogens (tertiary/aromatic N) is 1. The first-order valence-corrected chi connectivity index (χ1v) is 5.86. The van der Waals surface area contributed by atoms with Gasteiger partial charge in [0.05, 0.1) is 17.5 Å². The molecule has 3 heteroatoms. The summed E-state index contributed by atoms with van der Waals surface area (Å²) in [5.41, 5.74) is 0.998. The molecule has 1 aromatic carbocycles. The van der Waals surface area contributed by atoms with Gasteiger partial charge in [0.1, 0.15) is 0 Å². The smallest absolute Gasteiger partial charge is 0.0769 e. The zero-order valence-corrected chi connectivity index (χ0v) is 10.2. The van der Waals surface area contributed by atoms with E-state index in [1.54, 1.807) is 0 Å².